The lowest BCUT2D eigenvalue weighted by Gasteiger charge is -2.18. The molecule has 0 aliphatic carbocycles. The Labute approximate surface area is 180 Å². The normalized spacial score (nSPS) is 12.9. The van der Waals surface area contributed by atoms with Crippen LogP contribution < -0.4 is 5.32 Å². The van der Waals surface area contributed by atoms with E-state index in [9.17, 15) is 18.0 Å². The molecule has 0 bridgehead atoms. The van der Waals surface area contributed by atoms with E-state index in [0.29, 0.717) is 16.9 Å². The lowest BCUT2D eigenvalue weighted by molar-refractivity contribution is -0.139. The molecule has 0 fully saturated rings. The lowest BCUT2D eigenvalue weighted by atomic mass is 9.97. The van der Waals surface area contributed by atoms with Crippen molar-refractivity contribution in [3.63, 3.8) is 0 Å². The maximum atomic E-state index is 13.7. The maximum absolute atomic E-state index is 13.7. The van der Waals surface area contributed by atoms with E-state index >= 15 is 0 Å². The highest BCUT2D eigenvalue weighted by Gasteiger charge is 2.39. The Morgan fingerprint density at radius 2 is 1.87 bits per heavy atom. The quantitative estimate of drug-likeness (QED) is 0.522. The van der Waals surface area contributed by atoms with Gasteiger partial charge in [0, 0.05) is 17.0 Å². The molecule has 1 atom stereocenters. The summed E-state index contributed by atoms with van der Waals surface area (Å²) in [6.45, 7) is 1.33. The van der Waals surface area contributed by atoms with Gasteiger partial charge in [-0.2, -0.15) is 18.3 Å². The number of anilines is 1. The highest BCUT2D eigenvalue weighted by atomic mass is 35.5. The molecule has 0 spiro atoms. The zero-order valence-corrected chi connectivity index (χ0v) is 17.0. The van der Waals surface area contributed by atoms with Crippen molar-refractivity contribution in [3.8, 4) is 5.69 Å². The number of aromatic nitrogens is 3. The van der Waals surface area contributed by atoms with Crippen molar-refractivity contribution in [3.05, 3.63) is 76.3 Å². The zero-order chi connectivity index (χ0) is 21.9. The van der Waals surface area contributed by atoms with Crippen LogP contribution in [0.4, 0.5) is 18.9 Å². The lowest BCUT2D eigenvalue weighted by Crippen LogP contribution is -2.18. The van der Waals surface area contributed by atoms with Crippen LogP contribution in [-0.4, -0.2) is 26.8 Å². The summed E-state index contributed by atoms with van der Waals surface area (Å²) in [5.74, 6) is -2.24. The summed E-state index contributed by atoms with van der Waals surface area (Å²) in [5.41, 5.74) is 1.28. The molecule has 156 valence electrons. The second kappa shape index (κ2) is 8.89. The molecule has 0 saturated heterocycles. The minimum absolute atomic E-state index is 0.0717. The summed E-state index contributed by atoms with van der Waals surface area (Å²) in [6.07, 6.45) is 0.563. The van der Waals surface area contributed by atoms with Crippen LogP contribution in [0.15, 0.2) is 55.1 Å². The third kappa shape index (κ3) is 5.40. The van der Waals surface area contributed by atoms with Crippen molar-refractivity contribution >= 4 is 40.9 Å². The van der Waals surface area contributed by atoms with Gasteiger partial charge in [-0.3, -0.25) is 4.79 Å². The Morgan fingerprint density at radius 3 is 2.43 bits per heavy atom. The minimum Gasteiger partial charge on any atom is -0.324 e. The summed E-state index contributed by atoms with van der Waals surface area (Å²) in [6, 6.07) is 8.61. The van der Waals surface area contributed by atoms with Crippen molar-refractivity contribution in [1.29, 1.82) is 0 Å². The first-order chi connectivity index (χ1) is 14.1. The molecule has 3 aromatic rings. The van der Waals surface area contributed by atoms with Gasteiger partial charge in [0.25, 0.3) is 0 Å². The number of hydrogen-bond acceptors (Lipinski definition) is 3. The standard InChI is InChI=1S/C20H15Cl2F3N4O/c1-12(30)28-18-6-13(3-5-19(18)29-11-26-10-27-29)2-4-17(20(23,24)25)14-7-15(21)9-16(22)8-14/h2-11,17H,1H3,(H,28,30). The van der Waals surface area contributed by atoms with E-state index in [1.165, 1.54) is 48.5 Å². The summed E-state index contributed by atoms with van der Waals surface area (Å²) < 4.78 is 42.4. The van der Waals surface area contributed by atoms with Crippen LogP contribution in [0.3, 0.4) is 0 Å². The highest BCUT2D eigenvalue weighted by molar-refractivity contribution is 6.34. The fraction of sp³-hybridized carbons (Fsp3) is 0.150. The molecule has 5 nitrogen and oxygen atoms in total. The molecule has 1 amide bonds. The maximum Gasteiger partial charge on any atom is 0.399 e. The number of alkyl halides is 3. The van der Waals surface area contributed by atoms with Gasteiger partial charge >= 0.3 is 6.18 Å². The van der Waals surface area contributed by atoms with Crippen molar-refractivity contribution < 1.29 is 18.0 Å². The molecule has 3 rings (SSSR count). The number of halogens is 5. The molecule has 0 aliphatic rings. The van der Waals surface area contributed by atoms with Gasteiger partial charge < -0.3 is 5.32 Å². The fourth-order valence-corrected chi connectivity index (χ4v) is 3.39. The smallest absolute Gasteiger partial charge is 0.324 e. The number of benzene rings is 2. The Hall–Kier alpha value is -2.84. The van der Waals surface area contributed by atoms with Crippen LogP contribution in [0.1, 0.15) is 24.0 Å². The Kier molecular flexibility index (Phi) is 6.48. The van der Waals surface area contributed by atoms with Crippen molar-refractivity contribution in [2.45, 2.75) is 19.0 Å². The molecule has 30 heavy (non-hydrogen) atoms. The van der Waals surface area contributed by atoms with Gasteiger partial charge in [-0.15, -0.1) is 0 Å². The van der Waals surface area contributed by atoms with Crippen molar-refractivity contribution in [2.75, 3.05) is 5.32 Å². The third-order valence-electron chi connectivity index (χ3n) is 4.07. The van der Waals surface area contributed by atoms with E-state index in [2.05, 4.69) is 15.4 Å². The molecular weight excluding hydrogens is 440 g/mol. The van der Waals surface area contributed by atoms with E-state index in [0.717, 1.165) is 6.08 Å². The topological polar surface area (TPSA) is 59.8 Å². The van der Waals surface area contributed by atoms with Crippen LogP contribution in [0, 0.1) is 0 Å². The van der Waals surface area contributed by atoms with Crippen LogP contribution in [-0.2, 0) is 4.79 Å². The minimum atomic E-state index is -4.55. The number of nitrogens with one attached hydrogen (secondary N) is 1. The van der Waals surface area contributed by atoms with Gasteiger partial charge in [-0.05, 0) is 41.5 Å². The predicted octanol–water partition coefficient (Wildman–Crippen LogP) is 5.89. The van der Waals surface area contributed by atoms with E-state index < -0.39 is 12.1 Å². The molecule has 10 heteroatoms. The number of amides is 1. The molecule has 1 N–H and O–H groups in total. The molecule has 1 unspecified atom stereocenters. The van der Waals surface area contributed by atoms with E-state index in [-0.39, 0.29) is 21.5 Å². The Bertz CT molecular complexity index is 1060. The van der Waals surface area contributed by atoms with Crippen molar-refractivity contribution in [2.24, 2.45) is 0 Å². The predicted molar refractivity (Wildman–Crippen MR) is 110 cm³/mol. The second-order valence-electron chi connectivity index (χ2n) is 6.38. The third-order valence-corrected chi connectivity index (χ3v) is 4.51. The molecular formula is C20H15Cl2F3N4O. The molecule has 1 heterocycles. The number of carbonyl (C=O) groups is 1. The Morgan fingerprint density at radius 1 is 1.17 bits per heavy atom. The average Bonchev–Trinajstić information content (AvgIpc) is 3.14. The average molecular weight is 455 g/mol. The first-order valence-corrected chi connectivity index (χ1v) is 9.36. The zero-order valence-electron chi connectivity index (χ0n) is 15.5. The van der Waals surface area contributed by atoms with Gasteiger partial charge in [-0.25, -0.2) is 9.67 Å². The first kappa shape index (κ1) is 21.9. The van der Waals surface area contributed by atoms with Crippen molar-refractivity contribution in [1.82, 2.24) is 14.8 Å². The number of hydrogen-bond donors (Lipinski definition) is 1. The monoisotopic (exact) mass is 454 g/mol. The second-order valence-corrected chi connectivity index (χ2v) is 7.25. The summed E-state index contributed by atoms with van der Waals surface area (Å²) >= 11 is 11.7. The highest BCUT2D eigenvalue weighted by Crippen LogP contribution is 2.38. The number of nitrogens with zero attached hydrogens (tertiary/aromatic N) is 3. The number of carbonyl (C=O) groups excluding carboxylic acids is 1. The molecule has 0 radical (unpaired) electrons. The van der Waals surface area contributed by atoms with E-state index in [1.807, 2.05) is 0 Å². The van der Waals surface area contributed by atoms with Gasteiger partial charge in [0.05, 0.1) is 17.3 Å². The fourth-order valence-electron chi connectivity index (χ4n) is 2.85. The summed E-state index contributed by atoms with van der Waals surface area (Å²) in [5, 5.41) is 6.89. The van der Waals surface area contributed by atoms with E-state index in [1.54, 1.807) is 18.2 Å². The van der Waals surface area contributed by atoms with Crippen LogP contribution >= 0.6 is 23.2 Å². The number of rotatable bonds is 5. The molecule has 1 aromatic heterocycles. The molecule has 0 saturated carbocycles. The van der Waals surface area contributed by atoms with Crippen LogP contribution in [0.5, 0.6) is 0 Å². The van der Waals surface area contributed by atoms with Crippen LogP contribution in [0.25, 0.3) is 11.8 Å². The number of allylic oxidation sites excluding steroid dienone is 1. The van der Waals surface area contributed by atoms with E-state index in [4.69, 9.17) is 23.2 Å². The summed E-state index contributed by atoms with van der Waals surface area (Å²) in [7, 11) is 0. The largest absolute Gasteiger partial charge is 0.399 e. The van der Waals surface area contributed by atoms with Gasteiger partial charge in [0.15, 0.2) is 0 Å². The first-order valence-electron chi connectivity index (χ1n) is 8.61. The Balaban J connectivity index is 1.98. The summed E-state index contributed by atoms with van der Waals surface area (Å²) in [4.78, 5) is 15.4. The van der Waals surface area contributed by atoms with Crippen LogP contribution in [0.2, 0.25) is 10.0 Å². The van der Waals surface area contributed by atoms with Gasteiger partial charge in [0.1, 0.15) is 12.7 Å². The van der Waals surface area contributed by atoms with Gasteiger partial charge in [-0.1, -0.05) is 41.4 Å². The molecule has 0 aliphatic heterocycles. The SMILES string of the molecule is CC(=O)Nc1cc(C=CC(c2cc(Cl)cc(Cl)c2)C(F)(F)F)ccc1-n1cncn1. The van der Waals surface area contributed by atoms with Gasteiger partial charge in [0.2, 0.25) is 5.91 Å². The molecule has 2 aromatic carbocycles.